The van der Waals surface area contributed by atoms with Gasteiger partial charge in [0.2, 0.25) is 5.88 Å². The Kier molecular flexibility index (Phi) is 4.68. The average Bonchev–Trinajstić information content (AvgIpc) is 2.73. The lowest BCUT2D eigenvalue weighted by Gasteiger charge is -2.20. The molecule has 0 saturated heterocycles. The number of benzene rings is 1. The van der Waals surface area contributed by atoms with Gasteiger partial charge in [0.05, 0.1) is 5.69 Å². The highest BCUT2D eigenvalue weighted by atomic mass is 16.5. The molecule has 2 aromatic rings. The molecular weight excluding hydrogens is 262 g/mol. The van der Waals surface area contributed by atoms with E-state index in [4.69, 9.17) is 4.74 Å². The molecule has 0 atom stereocenters. The van der Waals surface area contributed by atoms with Crippen LogP contribution in [0.3, 0.4) is 0 Å². The molecule has 0 amide bonds. The number of nitrogens with one attached hydrogen (secondary N) is 1. The van der Waals surface area contributed by atoms with E-state index in [1.807, 2.05) is 20.0 Å². The van der Waals surface area contributed by atoms with E-state index in [2.05, 4.69) is 55.5 Å². The van der Waals surface area contributed by atoms with Crippen molar-refractivity contribution in [3.05, 3.63) is 47.2 Å². The molecule has 0 fully saturated rings. The molecule has 0 unspecified atom stereocenters. The highest BCUT2D eigenvalue weighted by molar-refractivity contribution is 5.23. The van der Waals surface area contributed by atoms with Crippen molar-refractivity contribution in [1.82, 2.24) is 15.1 Å². The molecule has 0 aliphatic heterocycles. The minimum Gasteiger partial charge on any atom is -0.473 e. The van der Waals surface area contributed by atoms with Crippen molar-refractivity contribution < 1.29 is 4.74 Å². The van der Waals surface area contributed by atoms with Gasteiger partial charge in [-0.3, -0.25) is 0 Å². The first-order valence-corrected chi connectivity index (χ1v) is 7.30. The summed E-state index contributed by atoms with van der Waals surface area (Å²) in [5, 5.41) is 7.75. The predicted molar refractivity (Wildman–Crippen MR) is 85.3 cm³/mol. The zero-order valence-corrected chi connectivity index (χ0v) is 13.6. The first-order valence-electron chi connectivity index (χ1n) is 7.30. The van der Waals surface area contributed by atoms with E-state index in [1.165, 1.54) is 5.56 Å². The second kappa shape index (κ2) is 6.31. The Labute approximate surface area is 127 Å². The maximum absolute atomic E-state index is 5.78. The molecule has 0 bridgehead atoms. The summed E-state index contributed by atoms with van der Waals surface area (Å²) in [6.07, 6.45) is 0. The van der Waals surface area contributed by atoms with E-state index in [9.17, 15) is 0 Å². The van der Waals surface area contributed by atoms with Gasteiger partial charge >= 0.3 is 0 Å². The Morgan fingerprint density at radius 2 is 1.76 bits per heavy atom. The number of hydrogen-bond acceptors (Lipinski definition) is 3. The SMILES string of the molecule is Cc1cc(OCc2ccc(CNC(C)(C)C)cc2)n(C)n1. The molecule has 2 rings (SSSR count). The van der Waals surface area contributed by atoms with Crippen LogP contribution in [0.2, 0.25) is 0 Å². The molecule has 0 spiro atoms. The molecule has 4 nitrogen and oxygen atoms in total. The lowest BCUT2D eigenvalue weighted by Crippen LogP contribution is -2.35. The fourth-order valence-electron chi connectivity index (χ4n) is 2.00. The lowest BCUT2D eigenvalue weighted by atomic mass is 10.1. The summed E-state index contributed by atoms with van der Waals surface area (Å²) < 4.78 is 7.54. The number of nitrogens with zero attached hydrogens (tertiary/aromatic N) is 2. The quantitative estimate of drug-likeness (QED) is 0.918. The maximum Gasteiger partial charge on any atom is 0.212 e. The first kappa shape index (κ1) is 15.6. The molecule has 21 heavy (non-hydrogen) atoms. The van der Waals surface area contributed by atoms with Crippen LogP contribution in [0, 0.1) is 6.92 Å². The number of ether oxygens (including phenoxy) is 1. The van der Waals surface area contributed by atoms with Gasteiger partial charge in [-0.05, 0) is 38.8 Å². The Morgan fingerprint density at radius 3 is 2.29 bits per heavy atom. The third-order valence-electron chi connectivity index (χ3n) is 3.19. The van der Waals surface area contributed by atoms with Gasteiger partial charge in [0.15, 0.2) is 0 Å². The summed E-state index contributed by atoms with van der Waals surface area (Å²) >= 11 is 0. The van der Waals surface area contributed by atoms with Crippen LogP contribution in [0.5, 0.6) is 5.88 Å². The van der Waals surface area contributed by atoms with Crippen LogP contribution in [0.1, 0.15) is 37.6 Å². The number of aromatic nitrogens is 2. The first-order chi connectivity index (χ1) is 9.83. The Morgan fingerprint density at radius 1 is 1.14 bits per heavy atom. The van der Waals surface area contributed by atoms with Crippen molar-refractivity contribution >= 4 is 0 Å². The minimum absolute atomic E-state index is 0.138. The number of rotatable bonds is 5. The van der Waals surface area contributed by atoms with E-state index in [1.54, 1.807) is 4.68 Å². The van der Waals surface area contributed by atoms with Gasteiger partial charge in [-0.2, -0.15) is 5.10 Å². The fourth-order valence-corrected chi connectivity index (χ4v) is 2.00. The van der Waals surface area contributed by atoms with E-state index >= 15 is 0 Å². The van der Waals surface area contributed by atoms with E-state index < -0.39 is 0 Å². The minimum atomic E-state index is 0.138. The zero-order chi connectivity index (χ0) is 15.5. The van der Waals surface area contributed by atoms with Crippen molar-refractivity contribution in [3.63, 3.8) is 0 Å². The van der Waals surface area contributed by atoms with Gasteiger partial charge in [-0.15, -0.1) is 0 Å². The summed E-state index contributed by atoms with van der Waals surface area (Å²) in [7, 11) is 1.89. The van der Waals surface area contributed by atoms with Crippen molar-refractivity contribution in [3.8, 4) is 5.88 Å². The molecule has 4 heteroatoms. The summed E-state index contributed by atoms with van der Waals surface area (Å²) in [5.74, 6) is 0.797. The van der Waals surface area contributed by atoms with Gasteiger partial charge in [0.25, 0.3) is 0 Å². The van der Waals surface area contributed by atoms with E-state index in [-0.39, 0.29) is 5.54 Å². The predicted octanol–water partition coefficient (Wildman–Crippen LogP) is 3.20. The van der Waals surface area contributed by atoms with Crippen molar-refractivity contribution in [2.45, 2.75) is 46.4 Å². The van der Waals surface area contributed by atoms with Gasteiger partial charge < -0.3 is 10.1 Å². The Balaban J connectivity index is 1.89. The third-order valence-corrected chi connectivity index (χ3v) is 3.19. The van der Waals surface area contributed by atoms with Crippen LogP contribution in [0.15, 0.2) is 30.3 Å². The van der Waals surface area contributed by atoms with Crippen LogP contribution >= 0.6 is 0 Å². The third kappa shape index (κ3) is 4.90. The monoisotopic (exact) mass is 287 g/mol. The van der Waals surface area contributed by atoms with Crippen molar-refractivity contribution in [2.75, 3.05) is 0 Å². The van der Waals surface area contributed by atoms with Crippen LogP contribution in [0.25, 0.3) is 0 Å². The standard InChI is InChI=1S/C17H25N3O/c1-13-10-16(20(5)19-13)21-12-15-8-6-14(7-9-15)11-18-17(2,3)4/h6-10,18H,11-12H2,1-5H3. The van der Waals surface area contributed by atoms with Gasteiger partial charge in [0, 0.05) is 25.2 Å². The van der Waals surface area contributed by atoms with Crippen LogP contribution in [-0.4, -0.2) is 15.3 Å². The van der Waals surface area contributed by atoms with Crippen LogP contribution in [-0.2, 0) is 20.2 Å². The van der Waals surface area contributed by atoms with Crippen molar-refractivity contribution in [1.29, 1.82) is 0 Å². The van der Waals surface area contributed by atoms with Crippen molar-refractivity contribution in [2.24, 2.45) is 7.05 Å². The number of aryl methyl sites for hydroxylation is 2. The summed E-state index contributed by atoms with van der Waals surface area (Å²) in [6.45, 7) is 9.92. The molecule has 0 saturated carbocycles. The highest BCUT2D eigenvalue weighted by Gasteiger charge is 2.08. The molecule has 1 heterocycles. The summed E-state index contributed by atoms with van der Waals surface area (Å²) in [6, 6.07) is 10.5. The molecule has 1 aromatic carbocycles. The molecule has 1 aromatic heterocycles. The second-order valence-electron chi connectivity index (χ2n) is 6.46. The van der Waals surface area contributed by atoms with Gasteiger partial charge in [0.1, 0.15) is 6.61 Å². The second-order valence-corrected chi connectivity index (χ2v) is 6.46. The summed E-state index contributed by atoms with van der Waals surface area (Å²) in [5.41, 5.74) is 3.55. The van der Waals surface area contributed by atoms with Crippen LogP contribution < -0.4 is 10.1 Å². The smallest absolute Gasteiger partial charge is 0.212 e. The van der Waals surface area contributed by atoms with Gasteiger partial charge in [-0.1, -0.05) is 24.3 Å². The Bertz CT molecular complexity index is 579. The molecule has 114 valence electrons. The lowest BCUT2D eigenvalue weighted by molar-refractivity contribution is 0.278. The largest absolute Gasteiger partial charge is 0.473 e. The topological polar surface area (TPSA) is 39.1 Å². The zero-order valence-electron chi connectivity index (χ0n) is 13.6. The van der Waals surface area contributed by atoms with E-state index in [0.29, 0.717) is 6.61 Å². The molecular formula is C17H25N3O. The van der Waals surface area contributed by atoms with Gasteiger partial charge in [-0.25, -0.2) is 4.68 Å². The fraction of sp³-hybridized carbons (Fsp3) is 0.471. The summed E-state index contributed by atoms with van der Waals surface area (Å²) in [4.78, 5) is 0. The molecule has 0 radical (unpaired) electrons. The number of hydrogen-bond donors (Lipinski definition) is 1. The van der Waals surface area contributed by atoms with Crippen LogP contribution in [0.4, 0.5) is 0 Å². The molecule has 0 aliphatic rings. The normalized spacial score (nSPS) is 11.7. The maximum atomic E-state index is 5.78. The Hall–Kier alpha value is -1.81. The highest BCUT2D eigenvalue weighted by Crippen LogP contribution is 2.14. The van der Waals surface area contributed by atoms with E-state index in [0.717, 1.165) is 23.7 Å². The molecule has 0 aliphatic carbocycles. The average molecular weight is 287 g/mol. The molecule has 1 N–H and O–H groups in total.